The number of carbonyl (C=O) groups is 1. The molecule has 1 aliphatic rings. The lowest BCUT2D eigenvalue weighted by molar-refractivity contribution is 0.202. The maximum absolute atomic E-state index is 12.4. The van der Waals surface area contributed by atoms with Crippen LogP contribution in [-0.2, 0) is 6.42 Å². The van der Waals surface area contributed by atoms with E-state index in [-0.39, 0.29) is 6.03 Å². The number of carbonyl (C=O) groups excluding carboxylic acids is 1. The van der Waals surface area contributed by atoms with Gasteiger partial charge in [0.25, 0.3) is 0 Å². The number of hydrogen-bond acceptors (Lipinski definition) is 5. The van der Waals surface area contributed by atoms with Gasteiger partial charge in [-0.05, 0) is 38.0 Å². The smallest absolute Gasteiger partial charge is 0.317 e. The monoisotopic (exact) mass is 469 g/mol. The van der Waals surface area contributed by atoms with Crippen LogP contribution in [-0.4, -0.2) is 63.4 Å². The highest BCUT2D eigenvalue weighted by Gasteiger charge is 2.25. The second kappa shape index (κ2) is 10.1. The van der Waals surface area contributed by atoms with E-state index >= 15 is 0 Å². The summed E-state index contributed by atoms with van der Waals surface area (Å²) in [6.07, 6.45) is 1.52. The molecule has 3 heterocycles. The van der Waals surface area contributed by atoms with Gasteiger partial charge in [0, 0.05) is 39.1 Å². The number of amides is 2. The van der Waals surface area contributed by atoms with Crippen molar-refractivity contribution in [3.63, 3.8) is 0 Å². The van der Waals surface area contributed by atoms with Gasteiger partial charge in [-0.1, -0.05) is 48.5 Å². The van der Waals surface area contributed by atoms with Gasteiger partial charge in [0.2, 0.25) is 0 Å². The lowest BCUT2D eigenvalue weighted by Crippen LogP contribution is -2.42. The highest BCUT2D eigenvalue weighted by Crippen LogP contribution is 2.30. The number of hydrogen-bond donors (Lipinski definition) is 1. The van der Waals surface area contributed by atoms with Crippen LogP contribution in [0.25, 0.3) is 16.7 Å². The molecule has 0 atom stereocenters. The van der Waals surface area contributed by atoms with E-state index in [0.717, 1.165) is 53.6 Å². The fraction of sp³-hybridized carbons (Fsp3) is 0.333. The fourth-order valence-electron chi connectivity index (χ4n) is 4.64. The summed E-state index contributed by atoms with van der Waals surface area (Å²) < 4.78 is 1.92. The Morgan fingerprint density at radius 3 is 2.43 bits per heavy atom. The van der Waals surface area contributed by atoms with E-state index in [1.54, 1.807) is 0 Å². The number of para-hydroxylation sites is 1. The first-order valence-corrected chi connectivity index (χ1v) is 12.3. The SMILES string of the molecule is CCNC(=O)N1CCCN(c2nc(Cc3ccccc3)nc3c2c(C)nn3-c2ccccc2)CC1. The number of nitrogens with zero attached hydrogens (tertiary/aromatic N) is 6. The quantitative estimate of drug-likeness (QED) is 0.479. The third-order valence-corrected chi connectivity index (χ3v) is 6.35. The average molecular weight is 470 g/mol. The Labute approximate surface area is 205 Å². The van der Waals surface area contributed by atoms with Crippen LogP contribution in [0.15, 0.2) is 60.7 Å². The zero-order valence-corrected chi connectivity index (χ0v) is 20.3. The van der Waals surface area contributed by atoms with E-state index in [1.165, 1.54) is 5.56 Å². The molecule has 5 rings (SSSR count). The summed E-state index contributed by atoms with van der Waals surface area (Å²) in [4.78, 5) is 26.7. The number of aryl methyl sites for hydroxylation is 1. The molecule has 180 valence electrons. The zero-order chi connectivity index (χ0) is 24.2. The van der Waals surface area contributed by atoms with Crippen LogP contribution in [0.3, 0.4) is 0 Å². The largest absolute Gasteiger partial charge is 0.354 e. The summed E-state index contributed by atoms with van der Waals surface area (Å²) in [7, 11) is 0. The summed E-state index contributed by atoms with van der Waals surface area (Å²) in [5.74, 6) is 1.67. The normalized spacial score (nSPS) is 14.2. The van der Waals surface area contributed by atoms with Gasteiger partial charge in [0.1, 0.15) is 11.6 Å². The predicted molar refractivity (Wildman–Crippen MR) is 138 cm³/mol. The summed E-state index contributed by atoms with van der Waals surface area (Å²) in [6, 6.07) is 20.4. The van der Waals surface area contributed by atoms with Gasteiger partial charge in [-0.25, -0.2) is 19.4 Å². The fourth-order valence-corrected chi connectivity index (χ4v) is 4.64. The Balaban J connectivity index is 1.58. The van der Waals surface area contributed by atoms with Crippen LogP contribution in [0.5, 0.6) is 0 Å². The molecule has 0 bridgehead atoms. The first-order chi connectivity index (χ1) is 17.1. The number of benzene rings is 2. The van der Waals surface area contributed by atoms with E-state index in [4.69, 9.17) is 15.1 Å². The number of fused-ring (bicyclic) bond motifs is 1. The molecule has 8 heteroatoms. The molecular weight excluding hydrogens is 438 g/mol. The van der Waals surface area contributed by atoms with E-state index in [1.807, 2.05) is 72.0 Å². The van der Waals surface area contributed by atoms with Crippen LogP contribution in [0.1, 0.15) is 30.4 Å². The standard InChI is InChI=1S/C27H31N7O/c1-3-28-27(35)33-16-10-15-32(17-18-33)25-24-20(2)31-34(22-13-8-5-9-14-22)26(24)30-23(29-25)19-21-11-6-4-7-12-21/h4-9,11-14H,3,10,15-19H2,1-2H3,(H,28,35). The number of aromatic nitrogens is 4. The lowest BCUT2D eigenvalue weighted by atomic mass is 10.1. The van der Waals surface area contributed by atoms with Gasteiger partial charge in [0.05, 0.1) is 16.8 Å². The molecule has 0 aliphatic carbocycles. The minimum Gasteiger partial charge on any atom is -0.354 e. The van der Waals surface area contributed by atoms with Crippen molar-refractivity contribution in [1.82, 2.24) is 30.0 Å². The van der Waals surface area contributed by atoms with Crippen molar-refractivity contribution in [3.05, 3.63) is 77.7 Å². The van der Waals surface area contributed by atoms with Crippen molar-refractivity contribution in [2.24, 2.45) is 0 Å². The third-order valence-electron chi connectivity index (χ3n) is 6.35. The Morgan fingerprint density at radius 1 is 0.943 bits per heavy atom. The molecule has 1 N–H and O–H groups in total. The van der Waals surface area contributed by atoms with Crippen LogP contribution < -0.4 is 10.2 Å². The number of rotatable bonds is 5. The minimum absolute atomic E-state index is 0.0000267. The Morgan fingerprint density at radius 2 is 1.69 bits per heavy atom. The molecule has 2 aromatic heterocycles. The Kier molecular flexibility index (Phi) is 6.61. The van der Waals surface area contributed by atoms with Crippen molar-refractivity contribution in [2.75, 3.05) is 37.6 Å². The van der Waals surface area contributed by atoms with Crippen molar-refractivity contribution in [3.8, 4) is 5.69 Å². The van der Waals surface area contributed by atoms with Crippen molar-refractivity contribution >= 4 is 22.9 Å². The second-order valence-electron chi connectivity index (χ2n) is 8.82. The molecule has 0 radical (unpaired) electrons. The van der Waals surface area contributed by atoms with Crippen LogP contribution >= 0.6 is 0 Å². The zero-order valence-electron chi connectivity index (χ0n) is 20.3. The first-order valence-electron chi connectivity index (χ1n) is 12.3. The topological polar surface area (TPSA) is 79.2 Å². The van der Waals surface area contributed by atoms with Crippen molar-refractivity contribution in [1.29, 1.82) is 0 Å². The van der Waals surface area contributed by atoms with Crippen LogP contribution in [0, 0.1) is 6.92 Å². The molecule has 2 aromatic carbocycles. The molecule has 0 unspecified atom stereocenters. The molecule has 0 saturated carbocycles. The molecule has 4 aromatic rings. The predicted octanol–water partition coefficient (Wildman–Crippen LogP) is 3.96. The summed E-state index contributed by atoms with van der Waals surface area (Å²) in [5, 5.41) is 8.76. The van der Waals surface area contributed by atoms with E-state index in [2.05, 4.69) is 22.3 Å². The molecule has 8 nitrogen and oxygen atoms in total. The van der Waals surface area contributed by atoms with Gasteiger partial charge in [-0.3, -0.25) is 0 Å². The maximum Gasteiger partial charge on any atom is 0.317 e. The van der Waals surface area contributed by atoms with Gasteiger partial charge < -0.3 is 15.1 Å². The molecular formula is C27H31N7O. The van der Waals surface area contributed by atoms with Gasteiger partial charge in [-0.15, -0.1) is 0 Å². The van der Waals surface area contributed by atoms with Gasteiger partial charge in [0.15, 0.2) is 5.65 Å². The van der Waals surface area contributed by atoms with E-state index in [9.17, 15) is 4.79 Å². The van der Waals surface area contributed by atoms with Crippen molar-refractivity contribution in [2.45, 2.75) is 26.7 Å². The first kappa shape index (κ1) is 22.8. The Hall–Kier alpha value is -3.94. The molecule has 35 heavy (non-hydrogen) atoms. The average Bonchev–Trinajstić information content (AvgIpc) is 3.05. The molecule has 1 saturated heterocycles. The maximum atomic E-state index is 12.4. The van der Waals surface area contributed by atoms with Crippen LogP contribution in [0.2, 0.25) is 0 Å². The second-order valence-corrected chi connectivity index (χ2v) is 8.82. The highest BCUT2D eigenvalue weighted by molar-refractivity contribution is 5.91. The van der Waals surface area contributed by atoms with E-state index < -0.39 is 0 Å². The number of anilines is 1. The van der Waals surface area contributed by atoms with E-state index in [0.29, 0.717) is 26.1 Å². The summed E-state index contributed by atoms with van der Waals surface area (Å²) in [5.41, 5.74) is 3.85. The van der Waals surface area contributed by atoms with Gasteiger partial charge in [-0.2, -0.15) is 5.10 Å². The molecule has 2 amide bonds. The molecule has 1 fully saturated rings. The van der Waals surface area contributed by atoms with Gasteiger partial charge >= 0.3 is 6.03 Å². The number of nitrogens with one attached hydrogen (secondary N) is 1. The molecule has 1 aliphatic heterocycles. The summed E-state index contributed by atoms with van der Waals surface area (Å²) >= 11 is 0. The summed E-state index contributed by atoms with van der Waals surface area (Å²) in [6.45, 7) is 7.51. The lowest BCUT2D eigenvalue weighted by Gasteiger charge is -2.24. The number of urea groups is 1. The molecule has 0 spiro atoms. The third kappa shape index (κ3) is 4.82. The van der Waals surface area contributed by atoms with Crippen molar-refractivity contribution < 1.29 is 4.79 Å². The van der Waals surface area contributed by atoms with Crippen LogP contribution in [0.4, 0.5) is 10.6 Å². The highest BCUT2D eigenvalue weighted by atomic mass is 16.2. The minimum atomic E-state index is 0.0000267. The Bertz CT molecular complexity index is 1300.